The second-order valence-corrected chi connectivity index (χ2v) is 9.06. The lowest BCUT2D eigenvalue weighted by Gasteiger charge is -2.15. The summed E-state index contributed by atoms with van der Waals surface area (Å²) in [6.45, 7) is 6.12. The van der Waals surface area contributed by atoms with E-state index in [-0.39, 0.29) is 5.75 Å². The number of benzene rings is 3. The number of phenols is 1. The van der Waals surface area contributed by atoms with Gasteiger partial charge in [-0.15, -0.1) is 0 Å². The van der Waals surface area contributed by atoms with Crippen LogP contribution in [0.25, 0.3) is 34.2 Å². The highest BCUT2D eigenvalue weighted by molar-refractivity contribution is 5.70. The van der Waals surface area contributed by atoms with E-state index in [1.54, 1.807) is 12.1 Å². The van der Waals surface area contributed by atoms with Crippen LogP contribution < -0.4 is 4.74 Å². The molecule has 1 N–H and O–H groups in total. The highest BCUT2D eigenvalue weighted by Crippen LogP contribution is 2.32. The Balaban J connectivity index is 1.48. The van der Waals surface area contributed by atoms with E-state index in [9.17, 15) is 5.11 Å². The summed E-state index contributed by atoms with van der Waals surface area (Å²) in [5.41, 5.74) is 2.27. The third-order valence-electron chi connectivity index (χ3n) is 6.30. The molecule has 37 heavy (non-hydrogen) atoms. The average Bonchev–Trinajstić information content (AvgIpc) is 2.95. The van der Waals surface area contributed by atoms with E-state index in [0.29, 0.717) is 47.9 Å². The van der Waals surface area contributed by atoms with Crippen LogP contribution in [0.2, 0.25) is 0 Å². The Bertz CT molecular complexity index is 1190. The molecule has 0 aliphatic rings. The summed E-state index contributed by atoms with van der Waals surface area (Å²) in [7, 11) is 0. The normalized spacial score (nSPS) is 11.8. The van der Waals surface area contributed by atoms with Crippen molar-refractivity contribution in [1.29, 1.82) is 0 Å². The predicted octanol–water partition coefficient (Wildman–Crippen LogP) is 7.19. The van der Waals surface area contributed by atoms with Crippen LogP contribution in [0.15, 0.2) is 78.9 Å². The summed E-state index contributed by atoms with van der Waals surface area (Å²) in [6, 6.07) is 24.7. The highest BCUT2D eigenvalue weighted by Gasteiger charge is 2.15. The first-order chi connectivity index (χ1) is 18.2. The number of hydrogen-bond donors (Lipinski definition) is 1. The van der Waals surface area contributed by atoms with Crippen molar-refractivity contribution >= 4 is 0 Å². The third kappa shape index (κ3) is 7.37. The van der Waals surface area contributed by atoms with E-state index in [1.165, 1.54) is 19.3 Å². The predicted molar refractivity (Wildman–Crippen MR) is 147 cm³/mol. The molecule has 4 rings (SSSR count). The zero-order chi connectivity index (χ0) is 25.9. The van der Waals surface area contributed by atoms with Gasteiger partial charge in [0.25, 0.3) is 0 Å². The molecule has 3 aromatic carbocycles. The van der Waals surface area contributed by atoms with Gasteiger partial charge in [0.1, 0.15) is 18.1 Å². The molecule has 0 aliphatic heterocycles. The molecule has 0 radical (unpaired) electrons. The van der Waals surface area contributed by atoms with E-state index in [2.05, 4.69) is 23.8 Å². The molecule has 1 aromatic heterocycles. The van der Waals surface area contributed by atoms with Crippen molar-refractivity contribution in [1.82, 2.24) is 15.0 Å². The van der Waals surface area contributed by atoms with Gasteiger partial charge in [0, 0.05) is 23.8 Å². The Hall–Kier alpha value is -3.77. The quantitative estimate of drug-likeness (QED) is 0.197. The first-order valence-electron chi connectivity index (χ1n) is 13.1. The van der Waals surface area contributed by atoms with Crippen molar-refractivity contribution in [2.45, 2.75) is 39.5 Å². The summed E-state index contributed by atoms with van der Waals surface area (Å²) in [4.78, 5) is 14.1. The fraction of sp³-hybridized carbons (Fsp3) is 0.323. The van der Waals surface area contributed by atoms with Crippen LogP contribution in [0.5, 0.6) is 11.5 Å². The van der Waals surface area contributed by atoms with Gasteiger partial charge in [0.2, 0.25) is 0 Å². The number of rotatable bonds is 13. The van der Waals surface area contributed by atoms with Crippen LogP contribution in [-0.4, -0.2) is 39.9 Å². The molecule has 0 spiro atoms. The lowest BCUT2D eigenvalue weighted by atomic mass is 10.0. The molecule has 1 heterocycles. The number of phenolic OH excluding ortho intramolecular Hbond substituents is 1. The Morgan fingerprint density at radius 3 is 1.95 bits per heavy atom. The molecule has 0 amide bonds. The molecule has 6 nitrogen and oxygen atoms in total. The van der Waals surface area contributed by atoms with Crippen molar-refractivity contribution in [2.24, 2.45) is 5.92 Å². The SMILES string of the molecule is CCCCC(CC)COCCOc1ccc(-c2nc(-c3ccccc3)nc(-c3ccccc3)n2)c(O)c1. The van der Waals surface area contributed by atoms with Crippen molar-refractivity contribution in [2.75, 3.05) is 19.8 Å². The van der Waals surface area contributed by atoms with Crippen LogP contribution in [0.4, 0.5) is 0 Å². The number of unbranched alkanes of at least 4 members (excludes halogenated alkanes) is 1. The van der Waals surface area contributed by atoms with Gasteiger partial charge in [-0.3, -0.25) is 0 Å². The summed E-state index contributed by atoms with van der Waals surface area (Å²) in [6.07, 6.45) is 4.79. The molecule has 0 saturated carbocycles. The van der Waals surface area contributed by atoms with Crippen LogP contribution in [0.3, 0.4) is 0 Å². The van der Waals surface area contributed by atoms with Crippen molar-refractivity contribution in [3.8, 4) is 45.7 Å². The number of aromatic hydroxyl groups is 1. The summed E-state index contributed by atoms with van der Waals surface area (Å²) in [5.74, 6) is 2.72. The van der Waals surface area contributed by atoms with Gasteiger partial charge in [-0.1, -0.05) is 93.8 Å². The molecule has 0 bridgehead atoms. The van der Waals surface area contributed by atoms with Crippen LogP contribution >= 0.6 is 0 Å². The largest absolute Gasteiger partial charge is 0.507 e. The molecule has 1 unspecified atom stereocenters. The molecule has 192 valence electrons. The summed E-state index contributed by atoms with van der Waals surface area (Å²) < 4.78 is 11.6. The smallest absolute Gasteiger partial charge is 0.167 e. The Morgan fingerprint density at radius 1 is 0.757 bits per heavy atom. The minimum absolute atomic E-state index is 0.0493. The lowest BCUT2D eigenvalue weighted by Crippen LogP contribution is -2.13. The van der Waals surface area contributed by atoms with E-state index in [1.807, 2.05) is 66.7 Å². The topological polar surface area (TPSA) is 77.4 Å². The van der Waals surface area contributed by atoms with Gasteiger partial charge in [0.05, 0.1) is 12.2 Å². The summed E-state index contributed by atoms with van der Waals surface area (Å²) in [5, 5.41) is 10.8. The lowest BCUT2D eigenvalue weighted by molar-refractivity contribution is 0.0699. The molecular weight excluding hydrogens is 462 g/mol. The minimum Gasteiger partial charge on any atom is -0.507 e. The van der Waals surface area contributed by atoms with Crippen molar-refractivity contribution < 1.29 is 14.6 Å². The fourth-order valence-electron chi connectivity index (χ4n) is 4.09. The van der Waals surface area contributed by atoms with Gasteiger partial charge in [0.15, 0.2) is 17.5 Å². The molecular formula is C31H35N3O3. The van der Waals surface area contributed by atoms with Gasteiger partial charge in [-0.25, -0.2) is 15.0 Å². The monoisotopic (exact) mass is 497 g/mol. The summed E-state index contributed by atoms with van der Waals surface area (Å²) >= 11 is 0. The molecule has 0 saturated heterocycles. The molecule has 6 heteroatoms. The standard InChI is InChI=1S/C31H35N3O3/c1-3-5-12-23(4-2)22-36-19-20-37-26-17-18-27(28(35)21-26)31-33-29(24-13-8-6-9-14-24)32-30(34-31)25-15-10-7-11-16-25/h6-11,13-18,21,23,35H,3-5,12,19-20,22H2,1-2H3. The maximum atomic E-state index is 10.8. The maximum Gasteiger partial charge on any atom is 0.167 e. The van der Waals surface area contributed by atoms with E-state index in [0.717, 1.165) is 24.2 Å². The maximum absolute atomic E-state index is 10.8. The third-order valence-corrected chi connectivity index (χ3v) is 6.30. The molecule has 4 aromatic rings. The van der Waals surface area contributed by atoms with E-state index in [4.69, 9.17) is 14.5 Å². The molecule has 0 aliphatic carbocycles. The Labute approximate surface area is 219 Å². The van der Waals surface area contributed by atoms with Crippen LogP contribution in [0, 0.1) is 5.92 Å². The zero-order valence-corrected chi connectivity index (χ0v) is 21.6. The zero-order valence-electron chi connectivity index (χ0n) is 21.6. The van der Waals surface area contributed by atoms with Gasteiger partial charge >= 0.3 is 0 Å². The number of nitrogens with zero attached hydrogens (tertiary/aromatic N) is 3. The second-order valence-electron chi connectivity index (χ2n) is 9.06. The second kappa shape index (κ2) is 13.5. The van der Waals surface area contributed by atoms with E-state index < -0.39 is 0 Å². The van der Waals surface area contributed by atoms with Gasteiger partial charge in [-0.2, -0.15) is 0 Å². The first kappa shape index (κ1) is 26.3. The number of aromatic nitrogens is 3. The Kier molecular flexibility index (Phi) is 9.60. The first-order valence-corrected chi connectivity index (χ1v) is 13.1. The fourth-order valence-corrected chi connectivity index (χ4v) is 4.09. The number of hydrogen-bond acceptors (Lipinski definition) is 6. The average molecular weight is 498 g/mol. The van der Waals surface area contributed by atoms with Crippen molar-refractivity contribution in [3.05, 3.63) is 78.9 Å². The molecule has 0 fully saturated rings. The van der Waals surface area contributed by atoms with Gasteiger partial charge in [-0.05, 0) is 24.5 Å². The van der Waals surface area contributed by atoms with E-state index >= 15 is 0 Å². The molecule has 1 atom stereocenters. The highest BCUT2D eigenvalue weighted by atomic mass is 16.5. The van der Waals surface area contributed by atoms with Crippen molar-refractivity contribution in [3.63, 3.8) is 0 Å². The Morgan fingerprint density at radius 2 is 1.38 bits per heavy atom. The van der Waals surface area contributed by atoms with Crippen LogP contribution in [-0.2, 0) is 4.74 Å². The van der Waals surface area contributed by atoms with Gasteiger partial charge < -0.3 is 14.6 Å². The number of ether oxygens (including phenoxy) is 2. The van der Waals surface area contributed by atoms with Crippen LogP contribution in [0.1, 0.15) is 39.5 Å². The minimum atomic E-state index is 0.0493.